The van der Waals surface area contributed by atoms with Gasteiger partial charge < -0.3 is 4.90 Å². The van der Waals surface area contributed by atoms with Crippen LogP contribution in [0.25, 0.3) is 0 Å². The highest BCUT2D eigenvalue weighted by molar-refractivity contribution is 5.94. The SMILES string of the molecule is CC(C)CC(C)N(C)C(=O)c1ccc(F)c([N+](=O)[O-])c1. The summed E-state index contributed by atoms with van der Waals surface area (Å²) >= 11 is 0. The smallest absolute Gasteiger partial charge is 0.305 e. The van der Waals surface area contributed by atoms with E-state index in [2.05, 4.69) is 13.8 Å². The molecule has 20 heavy (non-hydrogen) atoms. The first kappa shape index (κ1) is 16.1. The molecule has 0 fully saturated rings. The van der Waals surface area contributed by atoms with E-state index in [1.165, 1.54) is 11.0 Å². The molecule has 0 radical (unpaired) electrons. The zero-order valence-corrected chi connectivity index (χ0v) is 12.1. The van der Waals surface area contributed by atoms with Crippen molar-refractivity contribution < 1.29 is 14.1 Å². The first-order chi connectivity index (χ1) is 9.23. The molecule has 1 amide bonds. The van der Waals surface area contributed by atoms with Crippen LogP contribution in [0.15, 0.2) is 18.2 Å². The number of nitro benzene ring substituents is 1. The first-order valence-electron chi connectivity index (χ1n) is 6.45. The topological polar surface area (TPSA) is 63.5 Å². The Kier molecular flexibility index (Phi) is 5.19. The van der Waals surface area contributed by atoms with Gasteiger partial charge in [0.15, 0.2) is 0 Å². The van der Waals surface area contributed by atoms with Crippen molar-refractivity contribution in [1.82, 2.24) is 4.90 Å². The van der Waals surface area contributed by atoms with Gasteiger partial charge in [0, 0.05) is 24.7 Å². The minimum Gasteiger partial charge on any atom is -0.339 e. The van der Waals surface area contributed by atoms with Gasteiger partial charge in [0.25, 0.3) is 5.91 Å². The summed E-state index contributed by atoms with van der Waals surface area (Å²) in [7, 11) is 1.64. The van der Waals surface area contributed by atoms with Crippen molar-refractivity contribution in [3.8, 4) is 0 Å². The second-order valence-corrected chi connectivity index (χ2v) is 5.32. The lowest BCUT2D eigenvalue weighted by Crippen LogP contribution is -2.35. The van der Waals surface area contributed by atoms with Gasteiger partial charge in [-0.1, -0.05) is 13.8 Å². The molecule has 0 heterocycles. The van der Waals surface area contributed by atoms with Crippen LogP contribution < -0.4 is 0 Å². The van der Waals surface area contributed by atoms with E-state index in [9.17, 15) is 19.3 Å². The van der Waals surface area contributed by atoms with Crippen LogP contribution in [0.1, 0.15) is 37.6 Å². The Hall–Kier alpha value is -1.98. The van der Waals surface area contributed by atoms with Gasteiger partial charge in [-0.25, -0.2) is 0 Å². The number of nitrogens with zero attached hydrogens (tertiary/aromatic N) is 2. The molecule has 1 rings (SSSR count). The fourth-order valence-corrected chi connectivity index (χ4v) is 2.03. The fourth-order valence-electron chi connectivity index (χ4n) is 2.03. The van der Waals surface area contributed by atoms with Crippen LogP contribution in [-0.2, 0) is 0 Å². The molecule has 0 N–H and O–H groups in total. The minimum absolute atomic E-state index is 0.00612. The number of halogens is 1. The van der Waals surface area contributed by atoms with Crippen molar-refractivity contribution in [3.63, 3.8) is 0 Å². The van der Waals surface area contributed by atoms with Crippen LogP contribution in [0.4, 0.5) is 10.1 Å². The molecule has 1 unspecified atom stereocenters. The average molecular weight is 282 g/mol. The highest BCUT2D eigenvalue weighted by atomic mass is 19.1. The summed E-state index contributed by atoms with van der Waals surface area (Å²) in [6.07, 6.45) is 0.825. The molecular weight excluding hydrogens is 263 g/mol. The first-order valence-corrected chi connectivity index (χ1v) is 6.45. The van der Waals surface area contributed by atoms with E-state index in [0.717, 1.165) is 18.6 Å². The molecule has 0 saturated heterocycles. The Labute approximate surface area is 117 Å². The molecule has 0 aromatic heterocycles. The van der Waals surface area contributed by atoms with E-state index in [0.29, 0.717) is 5.92 Å². The number of hydrogen-bond acceptors (Lipinski definition) is 3. The number of amides is 1. The summed E-state index contributed by atoms with van der Waals surface area (Å²) < 4.78 is 13.2. The van der Waals surface area contributed by atoms with Crippen molar-refractivity contribution in [2.75, 3.05) is 7.05 Å². The zero-order valence-electron chi connectivity index (χ0n) is 12.1. The number of carbonyl (C=O) groups excluding carboxylic acids is 1. The summed E-state index contributed by atoms with van der Waals surface area (Å²) in [4.78, 5) is 23.6. The Morgan fingerprint density at radius 2 is 2.00 bits per heavy atom. The van der Waals surface area contributed by atoms with Crippen molar-refractivity contribution >= 4 is 11.6 Å². The highest BCUT2D eigenvalue weighted by Crippen LogP contribution is 2.20. The fraction of sp³-hybridized carbons (Fsp3) is 0.500. The van der Waals surface area contributed by atoms with E-state index in [-0.39, 0.29) is 17.5 Å². The van der Waals surface area contributed by atoms with Gasteiger partial charge in [0.2, 0.25) is 5.82 Å². The van der Waals surface area contributed by atoms with E-state index < -0.39 is 16.4 Å². The number of benzene rings is 1. The summed E-state index contributed by atoms with van der Waals surface area (Å²) in [6.45, 7) is 6.02. The second-order valence-electron chi connectivity index (χ2n) is 5.32. The molecule has 0 aliphatic rings. The quantitative estimate of drug-likeness (QED) is 0.615. The van der Waals surface area contributed by atoms with Crippen LogP contribution >= 0.6 is 0 Å². The summed E-state index contributed by atoms with van der Waals surface area (Å²) in [6, 6.07) is 3.21. The third-order valence-corrected chi connectivity index (χ3v) is 3.18. The van der Waals surface area contributed by atoms with Crippen LogP contribution in [0.3, 0.4) is 0 Å². The Morgan fingerprint density at radius 1 is 1.40 bits per heavy atom. The van der Waals surface area contributed by atoms with E-state index in [1.54, 1.807) is 7.05 Å². The normalized spacial score (nSPS) is 12.3. The highest BCUT2D eigenvalue weighted by Gasteiger charge is 2.22. The van der Waals surface area contributed by atoms with Crippen molar-refractivity contribution in [2.24, 2.45) is 5.92 Å². The van der Waals surface area contributed by atoms with Gasteiger partial charge in [-0.15, -0.1) is 0 Å². The third kappa shape index (κ3) is 3.76. The maximum atomic E-state index is 13.2. The number of rotatable bonds is 5. The average Bonchev–Trinajstić information content (AvgIpc) is 2.36. The van der Waals surface area contributed by atoms with Crippen LogP contribution in [-0.4, -0.2) is 28.8 Å². The largest absolute Gasteiger partial charge is 0.339 e. The minimum atomic E-state index is -0.940. The number of hydrogen-bond donors (Lipinski definition) is 0. The van der Waals surface area contributed by atoms with E-state index in [1.807, 2.05) is 6.92 Å². The molecule has 0 saturated carbocycles. The van der Waals surface area contributed by atoms with Crippen LogP contribution in [0.2, 0.25) is 0 Å². The van der Waals surface area contributed by atoms with Gasteiger partial charge >= 0.3 is 5.69 Å². The van der Waals surface area contributed by atoms with E-state index >= 15 is 0 Å². The molecule has 0 aliphatic heterocycles. The molecule has 1 aromatic carbocycles. The summed E-state index contributed by atoms with van der Waals surface area (Å²) in [5, 5.41) is 10.7. The molecule has 1 atom stereocenters. The molecule has 5 nitrogen and oxygen atoms in total. The second kappa shape index (κ2) is 6.45. The maximum Gasteiger partial charge on any atom is 0.305 e. The van der Waals surface area contributed by atoms with Crippen molar-refractivity contribution in [2.45, 2.75) is 33.2 Å². The summed E-state index contributed by atoms with van der Waals surface area (Å²) in [5.74, 6) is -0.853. The van der Waals surface area contributed by atoms with Gasteiger partial charge in [0.1, 0.15) is 0 Å². The van der Waals surface area contributed by atoms with Gasteiger partial charge in [0.05, 0.1) is 4.92 Å². The molecule has 0 bridgehead atoms. The molecule has 0 spiro atoms. The molecular formula is C14H19FN2O3. The standard InChI is InChI=1S/C14H19FN2O3/c1-9(2)7-10(3)16(4)14(18)11-5-6-12(15)13(8-11)17(19)20/h5-6,8-10H,7H2,1-4H3. The third-order valence-electron chi connectivity index (χ3n) is 3.18. The number of carbonyl (C=O) groups is 1. The lowest BCUT2D eigenvalue weighted by atomic mass is 10.0. The summed E-state index contributed by atoms with van der Waals surface area (Å²) in [5.41, 5.74) is -0.558. The molecule has 0 aliphatic carbocycles. The van der Waals surface area contributed by atoms with Gasteiger partial charge in [-0.2, -0.15) is 4.39 Å². The lowest BCUT2D eigenvalue weighted by Gasteiger charge is -2.26. The monoisotopic (exact) mass is 282 g/mol. The Bertz CT molecular complexity index is 517. The molecule has 110 valence electrons. The zero-order chi connectivity index (χ0) is 15.4. The maximum absolute atomic E-state index is 13.2. The van der Waals surface area contributed by atoms with Crippen molar-refractivity contribution in [3.05, 3.63) is 39.7 Å². The van der Waals surface area contributed by atoms with Crippen LogP contribution in [0.5, 0.6) is 0 Å². The lowest BCUT2D eigenvalue weighted by molar-refractivity contribution is -0.387. The Morgan fingerprint density at radius 3 is 2.50 bits per heavy atom. The Balaban J connectivity index is 2.97. The predicted octanol–water partition coefficient (Wildman–Crippen LogP) is 3.24. The predicted molar refractivity (Wildman–Crippen MR) is 74.1 cm³/mol. The number of nitro groups is 1. The molecule has 6 heteroatoms. The van der Waals surface area contributed by atoms with E-state index in [4.69, 9.17) is 0 Å². The molecule has 1 aromatic rings. The van der Waals surface area contributed by atoms with Gasteiger partial charge in [-0.3, -0.25) is 14.9 Å². The van der Waals surface area contributed by atoms with Crippen LogP contribution in [0, 0.1) is 21.8 Å². The van der Waals surface area contributed by atoms with Gasteiger partial charge in [-0.05, 0) is 31.4 Å². The van der Waals surface area contributed by atoms with Crippen molar-refractivity contribution in [1.29, 1.82) is 0 Å².